The standard InChI is InChI=1S/C21H17ClN4/c1-13-18(20(22)26(25-13)15-9-3-2-4-10-15)21-23-16-11-5-7-14-8-6-12-17(24-21)19(14)16/h2-12,21,23-24H,1H3. The Bertz CT molecular complexity index is 1080. The zero-order valence-corrected chi connectivity index (χ0v) is 15.0. The lowest BCUT2D eigenvalue weighted by Gasteiger charge is -2.29. The maximum atomic E-state index is 6.75. The molecule has 0 saturated heterocycles. The number of nitrogens with zero attached hydrogens (tertiary/aromatic N) is 2. The average Bonchev–Trinajstić information content (AvgIpc) is 2.97. The van der Waals surface area contributed by atoms with Gasteiger partial charge in [-0.05, 0) is 36.6 Å². The Hall–Kier alpha value is -2.98. The molecule has 128 valence electrons. The first kappa shape index (κ1) is 15.3. The van der Waals surface area contributed by atoms with Gasteiger partial charge in [0.25, 0.3) is 0 Å². The highest BCUT2D eigenvalue weighted by Gasteiger charge is 2.27. The molecule has 0 spiro atoms. The van der Waals surface area contributed by atoms with Gasteiger partial charge in [-0.15, -0.1) is 0 Å². The van der Waals surface area contributed by atoms with Crippen molar-refractivity contribution in [3.8, 4) is 5.69 Å². The summed E-state index contributed by atoms with van der Waals surface area (Å²) in [5.74, 6) is 0. The van der Waals surface area contributed by atoms with E-state index in [-0.39, 0.29) is 6.17 Å². The molecule has 0 fully saturated rings. The Morgan fingerprint density at radius 1 is 0.885 bits per heavy atom. The maximum absolute atomic E-state index is 6.75. The summed E-state index contributed by atoms with van der Waals surface area (Å²) in [6.45, 7) is 1.99. The van der Waals surface area contributed by atoms with E-state index >= 15 is 0 Å². The van der Waals surface area contributed by atoms with Crippen LogP contribution < -0.4 is 10.6 Å². The minimum absolute atomic E-state index is 0.138. The van der Waals surface area contributed by atoms with Gasteiger partial charge in [-0.2, -0.15) is 5.10 Å². The van der Waals surface area contributed by atoms with Gasteiger partial charge in [0.05, 0.1) is 16.9 Å². The second kappa shape index (κ2) is 5.78. The molecule has 0 bridgehead atoms. The number of para-hydroxylation sites is 1. The molecule has 5 heteroatoms. The molecule has 4 aromatic rings. The van der Waals surface area contributed by atoms with E-state index in [1.54, 1.807) is 4.68 Å². The first-order valence-corrected chi connectivity index (χ1v) is 8.95. The number of nitrogens with one attached hydrogen (secondary N) is 2. The van der Waals surface area contributed by atoms with Crippen LogP contribution in [0, 0.1) is 6.92 Å². The fraction of sp³-hybridized carbons (Fsp3) is 0.0952. The highest BCUT2D eigenvalue weighted by atomic mass is 35.5. The van der Waals surface area contributed by atoms with Crippen molar-refractivity contribution in [3.05, 3.63) is 83.1 Å². The van der Waals surface area contributed by atoms with E-state index in [1.807, 2.05) is 37.3 Å². The summed E-state index contributed by atoms with van der Waals surface area (Å²) in [5, 5.41) is 14.8. The van der Waals surface area contributed by atoms with Crippen molar-refractivity contribution in [3.63, 3.8) is 0 Å². The zero-order chi connectivity index (χ0) is 17.7. The summed E-state index contributed by atoms with van der Waals surface area (Å²) in [6, 6.07) is 22.5. The van der Waals surface area contributed by atoms with Gasteiger partial charge in [0.2, 0.25) is 0 Å². The van der Waals surface area contributed by atoms with Crippen LogP contribution in [0.15, 0.2) is 66.7 Å². The van der Waals surface area contributed by atoms with Crippen LogP contribution in [-0.2, 0) is 0 Å². The van der Waals surface area contributed by atoms with E-state index in [0.29, 0.717) is 5.15 Å². The van der Waals surface area contributed by atoms with E-state index in [9.17, 15) is 0 Å². The molecule has 2 N–H and O–H groups in total. The summed E-state index contributed by atoms with van der Waals surface area (Å²) in [6.07, 6.45) is -0.138. The summed E-state index contributed by atoms with van der Waals surface area (Å²) in [7, 11) is 0. The number of anilines is 2. The van der Waals surface area contributed by atoms with Crippen molar-refractivity contribution in [1.29, 1.82) is 0 Å². The molecule has 0 atom stereocenters. The van der Waals surface area contributed by atoms with Gasteiger partial charge in [-0.1, -0.05) is 54.1 Å². The second-order valence-electron chi connectivity index (χ2n) is 6.47. The van der Waals surface area contributed by atoms with Gasteiger partial charge >= 0.3 is 0 Å². The van der Waals surface area contributed by atoms with Crippen LogP contribution in [0.25, 0.3) is 16.5 Å². The molecule has 1 aliphatic rings. The lowest BCUT2D eigenvalue weighted by atomic mass is 10.0. The summed E-state index contributed by atoms with van der Waals surface area (Å²) < 4.78 is 1.79. The third-order valence-electron chi connectivity index (χ3n) is 4.84. The van der Waals surface area contributed by atoms with Crippen LogP contribution in [0.3, 0.4) is 0 Å². The Labute approximate surface area is 156 Å². The number of rotatable bonds is 2. The minimum Gasteiger partial charge on any atom is -0.361 e. The van der Waals surface area contributed by atoms with Gasteiger partial charge < -0.3 is 10.6 Å². The predicted molar refractivity (Wildman–Crippen MR) is 107 cm³/mol. The number of halogens is 1. The molecule has 1 aromatic heterocycles. The fourth-order valence-corrected chi connectivity index (χ4v) is 4.03. The Morgan fingerprint density at radius 2 is 1.54 bits per heavy atom. The van der Waals surface area contributed by atoms with Crippen molar-refractivity contribution in [2.75, 3.05) is 10.6 Å². The molecule has 26 heavy (non-hydrogen) atoms. The smallest absolute Gasteiger partial charge is 0.140 e. The van der Waals surface area contributed by atoms with Crippen LogP contribution in [0.4, 0.5) is 11.4 Å². The van der Waals surface area contributed by atoms with E-state index in [4.69, 9.17) is 11.6 Å². The predicted octanol–water partition coefficient (Wildman–Crippen LogP) is 5.52. The number of aromatic nitrogens is 2. The Morgan fingerprint density at radius 3 is 2.19 bits per heavy atom. The van der Waals surface area contributed by atoms with Crippen molar-refractivity contribution in [1.82, 2.24) is 9.78 Å². The first-order chi connectivity index (χ1) is 12.7. The monoisotopic (exact) mass is 360 g/mol. The number of benzene rings is 3. The van der Waals surface area contributed by atoms with Gasteiger partial charge in [0.15, 0.2) is 0 Å². The van der Waals surface area contributed by atoms with Gasteiger partial charge in [-0.25, -0.2) is 4.68 Å². The highest BCUT2D eigenvalue weighted by Crippen LogP contribution is 2.40. The SMILES string of the molecule is Cc1nn(-c2ccccc2)c(Cl)c1C1Nc2cccc3cccc(c23)N1. The molecule has 0 unspecified atom stereocenters. The van der Waals surface area contributed by atoms with Gasteiger partial charge in [-0.3, -0.25) is 0 Å². The third kappa shape index (κ3) is 2.26. The molecule has 1 aliphatic heterocycles. The van der Waals surface area contributed by atoms with Gasteiger partial charge in [0, 0.05) is 16.8 Å². The molecular weight excluding hydrogens is 344 g/mol. The van der Waals surface area contributed by atoms with E-state index in [2.05, 4.69) is 52.1 Å². The van der Waals surface area contributed by atoms with Crippen LogP contribution >= 0.6 is 11.6 Å². The first-order valence-electron chi connectivity index (χ1n) is 8.57. The highest BCUT2D eigenvalue weighted by molar-refractivity contribution is 6.30. The molecule has 3 aromatic carbocycles. The summed E-state index contributed by atoms with van der Waals surface area (Å²) >= 11 is 6.75. The summed E-state index contributed by atoms with van der Waals surface area (Å²) in [5.41, 5.74) is 5.01. The molecule has 0 amide bonds. The van der Waals surface area contributed by atoms with Crippen molar-refractivity contribution < 1.29 is 0 Å². The second-order valence-corrected chi connectivity index (χ2v) is 6.83. The van der Waals surface area contributed by atoms with Crippen molar-refractivity contribution in [2.45, 2.75) is 13.1 Å². The molecule has 0 saturated carbocycles. The third-order valence-corrected chi connectivity index (χ3v) is 5.21. The Kier molecular flexibility index (Phi) is 3.40. The molecule has 0 aliphatic carbocycles. The normalized spacial score (nSPS) is 13.5. The fourth-order valence-electron chi connectivity index (χ4n) is 3.65. The van der Waals surface area contributed by atoms with Crippen molar-refractivity contribution in [2.24, 2.45) is 0 Å². The zero-order valence-electron chi connectivity index (χ0n) is 14.2. The average molecular weight is 361 g/mol. The molecule has 5 rings (SSSR count). The maximum Gasteiger partial charge on any atom is 0.140 e. The lowest BCUT2D eigenvalue weighted by molar-refractivity contribution is 0.863. The van der Waals surface area contributed by atoms with Crippen LogP contribution in [-0.4, -0.2) is 9.78 Å². The molecular formula is C21H17ClN4. The van der Waals surface area contributed by atoms with Crippen LogP contribution in [0.5, 0.6) is 0 Å². The van der Waals surface area contributed by atoms with Crippen molar-refractivity contribution >= 4 is 33.7 Å². The molecule has 0 radical (unpaired) electrons. The molecule has 2 heterocycles. The van der Waals surface area contributed by atoms with E-state index in [0.717, 1.165) is 28.3 Å². The molecule has 4 nitrogen and oxygen atoms in total. The van der Waals surface area contributed by atoms with E-state index in [1.165, 1.54) is 10.8 Å². The quantitative estimate of drug-likeness (QED) is 0.494. The number of hydrogen-bond donors (Lipinski definition) is 2. The van der Waals surface area contributed by atoms with Crippen LogP contribution in [0.2, 0.25) is 5.15 Å². The topological polar surface area (TPSA) is 41.9 Å². The van der Waals surface area contributed by atoms with Crippen LogP contribution in [0.1, 0.15) is 17.4 Å². The van der Waals surface area contributed by atoms with Gasteiger partial charge in [0.1, 0.15) is 11.3 Å². The minimum atomic E-state index is -0.138. The van der Waals surface area contributed by atoms with E-state index < -0.39 is 0 Å². The number of hydrogen-bond acceptors (Lipinski definition) is 3. The largest absolute Gasteiger partial charge is 0.361 e. The Balaban J connectivity index is 1.61. The lowest BCUT2D eigenvalue weighted by Crippen LogP contribution is -2.24. The summed E-state index contributed by atoms with van der Waals surface area (Å²) in [4.78, 5) is 0. The number of aryl methyl sites for hydroxylation is 1.